The van der Waals surface area contributed by atoms with Gasteiger partial charge in [-0.25, -0.2) is 9.78 Å². The van der Waals surface area contributed by atoms with Crippen molar-refractivity contribution in [1.29, 1.82) is 0 Å². The second-order valence-corrected chi connectivity index (χ2v) is 10.8. The van der Waals surface area contributed by atoms with Gasteiger partial charge in [0.2, 0.25) is 6.41 Å². The third kappa shape index (κ3) is 5.66. The Morgan fingerprint density at radius 2 is 1.76 bits per heavy atom. The van der Waals surface area contributed by atoms with E-state index >= 15 is 0 Å². The number of ether oxygens (including phenoxy) is 1. The summed E-state index contributed by atoms with van der Waals surface area (Å²) in [4.78, 5) is 72.9. The normalized spacial score (nSPS) is 18.1. The molecule has 2 aromatic carbocycles. The first-order chi connectivity index (χ1) is 20.5. The first kappa shape index (κ1) is 28.7. The number of fused-ring (bicyclic) bond motifs is 1. The van der Waals surface area contributed by atoms with E-state index in [1.54, 1.807) is 0 Å². The van der Waals surface area contributed by atoms with Crippen LogP contribution < -0.4 is 10.6 Å². The van der Waals surface area contributed by atoms with E-state index in [2.05, 4.69) is 20.8 Å². The molecule has 42 heavy (non-hydrogen) atoms. The van der Waals surface area contributed by atoms with Gasteiger partial charge in [0.1, 0.15) is 36.2 Å². The van der Waals surface area contributed by atoms with Gasteiger partial charge >= 0.3 is 5.97 Å². The highest BCUT2D eigenvalue weighted by Crippen LogP contribution is 2.41. The van der Waals surface area contributed by atoms with E-state index in [4.69, 9.17) is 9.57 Å². The SMILES string of the molecule is CON=C(C(=O)NC1C(=O)N2C(C(=O)OC(c3ccccc3)c3ccccc3)=C(C=O)CS[C@@H]12)c1csc(NC=O)n1. The largest absolute Gasteiger partial charge is 0.448 e. The maximum absolute atomic E-state index is 13.6. The summed E-state index contributed by atoms with van der Waals surface area (Å²) in [5.74, 6) is -2.05. The molecule has 2 aliphatic heterocycles. The van der Waals surface area contributed by atoms with Crippen molar-refractivity contribution in [2.24, 2.45) is 5.16 Å². The Kier molecular flexibility index (Phi) is 8.74. The minimum absolute atomic E-state index is 0.110. The van der Waals surface area contributed by atoms with Crippen LogP contribution in [-0.4, -0.2) is 70.4 Å². The minimum Gasteiger partial charge on any atom is -0.448 e. The number of esters is 1. The molecular formula is C28H23N5O7S2. The summed E-state index contributed by atoms with van der Waals surface area (Å²) in [6.45, 7) is 0. The van der Waals surface area contributed by atoms with E-state index in [0.29, 0.717) is 23.8 Å². The molecule has 1 unspecified atom stereocenters. The summed E-state index contributed by atoms with van der Waals surface area (Å²) in [5.41, 5.74) is 1.30. The standard InChI is InChI=1S/C28H23N5O7S2/c1-39-32-20(19-14-42-28(30-19)29-15-35)24(36)31-21-25(37)33-22(18(12-34)13-41-26(21)33)27(38)40-23(16-8-4-2-5-9-16)17-10-6-3-7-11-17/h2-12,14-15,21,23,26H,13H2,1H3,(H,31,36)(H,29,30,35)/t21?,26-/m0/s1. The van der Waals surface area contributed by atoms with Crippen LogP contribution in [0.2, 0.25) is 0 Å². The molecular weight excluding hydrogens is 582 g/mol. The van der Waals surface area contributed by atoms with Crippen LogP contribution in [0.4, 0.5) is 5.13 Å². The van der Waals surface area contributed by atoms with E-state index in [-0.39, 0.29) is 33.6 Å². The Hall–Kier alpha value is -4.82. The van der Waals surface area contributed by atoms with Crippen molar-refractivity contribution in [1.82, 2.24) is 15.2 Å². The summed E-state index contributed by atoms with van der Waals surface area (Å²) in [6.07, 6.45) is 0.198. The third-order valence-electron chi connectivity index (χ3n) is 6.38. The van der Waals surface area contributed by atoms with Crippen molar-refractivity contribution in [2.45, 2.75) is 17.5 Å². The minimum atomic E-state index is -1.02. The highest BCUT2D eigenvalue weighted by Gasteiger charge is 2.55. The van der Waals surface area contributed by atoms with Crippen molar-refractivity contribution in [2.75, 3.05) is 18.2 Å². The predicted octanol–water partition coefficient (Wildman–Crippen LogP) is 2.25. The highest BCUT2D eigenvalue weighted by atomic mass is 32.2. The predicted molar refractivity (Wildman–Crippen MR) is 154 cm³/mol. The molecule has 0 aliphatic carbocycles. The Labute approximate surface area is 247 Å². The molecule has 12 nitrogen and oxygen atoms in total. The number of amides is 3. The molecule has 14 heteroatoms. The number of hydrogen-bond acceptors (Lipinski definition) is 11. The zero-order valence-electron chi connectivity index (χ0n) is 22.0. The molecule has 1 aromatic heterocycles. The van der Waals surface area contributed by atoms with Crippen LogP contribution in [0.15, 0.2) is 82.5 Å². The van der Waals surface area contributed by atoms with Crippen LogP contribution in [0.25, 0.3) is 0 Å². The monoisotopic (exact) mass is 605 g/mol. The Bertz CT molecular complexity index is 1540. The molecule has 3 amide bonds. The molecule has 2 N–H and O–H groups in total. The van der Waals surface area contributed by atoms with Crippen LogP contribution in [0.3, 0.4) is 0 Å². The molecule has 2 aliphatic rings. The van der Waals surface area contributed by atoms with Crippen LogP contribution in [0.1, 0.15) is 22.9 Å². The van der Waals surface area contributed by atoms with Gasteiger partial charge in [0, 0.05) is 16.7 Å². The van der Waals surface area contributed by atoms with E-state index in [1.165, 1.54) is 29.2 Å². The van der Waals surface area contributed by atoms with Crippen molar-refractivity contribution in [3.8, 4) is 0 Å². The molecule has 0 saturated carbocycles. The first-order valence-electron chi connectivity index (χ1n) is 12.5. The van der Waals surface area contributed by atoms with Gasteiger partial charge in [-0.3, -0.25) is 24.1 Å². The fraction of sp³-hybridized carbons (Fsp3) is 0.179. The number of β-lactam (4-membered cyclic amide) rings is 1. The number of aromatic nitrogens is 1. The van der Waals surface area contributed by atoms with Crippen molar-refractivity contribution < 1.29 is 33.5 Å². The van der Waals surface area contributed by atoms with Gasteiger partial charge in [0.25, 0.3) is 11.8 Å². The lowest BCUT2D eigenvalue weighted by molar-refractivity contribution is -0.154. The van der Waals surface area contributed by atoms with Gasteiger partial charge in [0.15, 0.2) is 16.9 Å². The van der Waals surface area contributed by atoms with Gasteiger partial charge in [0.05, 0.1) is 0 Å². The summed E-state index contributed by atoms with van der Waals surface area (Å²) < 4.78 is 5.94. The number of thiazole rings is 1. The third-order valence-corrected chi connectivity index (χ3v) is 8.45. The molecule has 1 fully saturated rings. The van der Waals surface area contributed by atoms with Gasteiger partial charge < -0.3 is 20.2 Å². The van der Waals surface area contributed by atoms with Gasteiger partial charge in [-0.05, 0) is 11.1 Å². The quantitative estimate of drug-likeness (QED) is 0.110. The van der Waals surface area contributed by atoms with E-state index in [0.717, 1.165) is 11.3 Å². The molecule has 0 spiro atoms. The summed E-state index contributed by atoms with van der Waals surface area (Å²) in [6, 6.07) is 17.2. The Morgan fingerprint density at radius 1 is 1.10 bits per heavy atom. The molecule has 2 atom stereocenters. The maximum atomic E-state index is 13.6. The number of carbonyl (C=O) groups is 5. The van der Waals surface area contributed by atoms with Crippen molar-refractivity contribution in [3.63, 3.8) is 0 Å². The average molecular weight is 606 g/mol. The van der Waals surface area contributed by atoms with E-state index in [1.807, 2.05) is 60.7 Å². The number of nitrogens with zero attached hydrogens (tertiary/aromatic N) is 3. The molecule has 3 heterocycles. The zero-order chi connectivity index (χ0) is 29.6. The molecule has 3 aromatic rings. The second-order valence-electron chi connectivity index (χ2n) is 8.88. The summed E-state index contributed by atoms with van der Waals surface area (Å²) in [5, 5.41) is 9.81. The maximum Gasteiger partial charge on any atom is 0.356 e. The lowest BCUT2D eigenvalue weighted by Gasteiger charge is -2.49. The zero-order valence-corrected chi connectivity index (χ0v) is 23.6. The number of rotatable bonds is 11. The lowest BCUT2D eigenvalue weighted by Crippen LogP contribution is -2.71. The fourth-order valence-electron chi connectivity index (χ4n) is 4.47. The van der Waals surface area contributed by atoms with Crippen LogP contribution in [0, 0.1) is 0 Å². The number of nitrogens with one attached hydrogen (secondary N) is 2. The molecule has 214 valence electrons. The van der Waals surface area contributed by atoms with Crippen LogP contribution >= 0.6 is 23.1 Å². The number of oxime groups is 1. The van der Waals surface area contributed by atoms with E-state index in [9.17, 15) is 24.0 Å². The molecule has 1 saturated heterocycles. The number of aldehydes is 1. The number of carbonyl (C=O) groups excluding carboxylic acids is 5. The molecule has 0 radical (unpaired) electrons. The Morgan fingerprint density at radius 3 is 2.36 bits per heavy atom. The number of benzene rings is 2. The van der Waals surface area contributed by atoms with Gasteiger partial charge in [-0.2, -0.15) is 0 Å². The van der Waals surface area contributed by atoms with Crippen molar-refractivity contribution in [3.05, 3.63) is 94.1 Å². The van der Waals surface area contributed by atoms with Crippen LogP contribution in [-0.2, 0) is 33.5 Å². The van der Waals surface area contributed by atoms with Crippen molar-refractivity contribution >= 4 is 64.4 Å². The smallest absolute Gasteiger partial charge is 0.356 e. The Balaban J connectivity index is 1.36. The van der Waals surface area contributed by atoms with Gasteiger partial charge in [-0.15, -0.1) is 23.1 Å². The van der Waals surface area contributed by atoms with E-state index < -0.39 is 35.3 Å². The van der Waals surface area contributed by atoms with Crippen LogP contribution in [0.5, 0.6) is 0 Å². The highest BCUT2D eigenvalue weighted by molar-refractivity contribution is 8.00. The number of thioether (sulfide) groups is 1. The molecule has 5 rings (SSSR count). The second kappa shape index (κ2) is 12.8. The lowest BCUT2D eigenvalue weighted by atomic mass is 10.0. The first-order valence-corrected chi connectivity index (χ1v) is 14.4. The fourth-order valence-corrected chi connectivity index (χ4v) is 6.42. The summed E-state index contributed by atoms with van der Waals surface area (Å²) >= 11 is 2.29. The average Bonchev–Trinajstić information content (AvgIpc) is 3.49. The van der Waals surface area contributed by atoms with Gasteiger partial charge in [-0.1, -0.05) is 65.8 Å². The molecule has 0 bridgehead atoms. The summed E-state index contributed by atoms with van der Waals surface area (Å²) in [7, 11) is 1.25. The number of hydrogen-bond donors (Lipinski definition) is 2. The number of anilines is 1. The topological polar surface area (TPSA) is 156 Å².